The largest absolute Gasteiger partial charge is 0.343 e. The van der Waals surface area contributed by atoms with Crippen LogP contribution in [0, 0.1) is 0 Å². The van der Waals surface area contributed by atoms with Crippen LogP contribution in [-0.2, 0) is 11.3 Å². The van der Waals surface area contributed by atoms with Crippen molar-refractivity contribution in [3.8, 4) is 0 Å². The lowest BCUT2D eigenvalue weighted by Gasteiger charge is -2.16. The van der Waals surface area contributed by atoms with Gasteiger partial charge in [0.25, 0.3) is 0 Å². The van der Waals surface area contributed by atoms with Crippen LogP contribution in [0.4, 0.5) is 0 Å². The maximum Gasteiger partial charge on any atom is 0.244 e. The Kier molecular flexibility index (Phi) is 6.40. The molecule has 6 heteroatoms. The van der Waals surface area contributed by atoms with E-state index in [-0.39, 0.29) is 11.9 Å². The van der Waals surface area contributed by atoms with E-state index in [1.54, 1.807) is 12.1 Å². The van der Waals surface area contributed by atoms with Crippen molar-refractivity contribution < 1.29 is 4.79 Å². The highest BCUT2D eigenvalue weighted by molar-refractivity contribution is 6.35. The molecule has 0 aliphatic carbocycles. The summed E-state index contributed by atoms with van der Waals surface area (Å²) in [4.78, 5) is 17.3. The first-order chi connectivity index (χ1) is 15.0. The molecule has 0 saturated heterocycles. The van der Waals surface area contributed by atoms with Gasteiger partial charge in [0.1, 0.15) is 5.82 Å². The molecule has 0 aliphatic rings. The third kappa shape index (κ3) is 4.98. The highest BCUT2D eigenvalue weighted by Crippen LogP contribution is 2.26. The smallest absolute Gasteiger partial charge is 0.244 e. The number of hydrogen-bond acceptors (Lipinski definition) is 2. The number of nitrogens with zero attached hydrogens (tertiary/aromatic N) is 2. The van der Waals surface area contributed by atoms with E-state index >= 15 is 0 Å². The minimum atomic E-state index is -0.300. The van der Waals surface area contributed by atoms with Crippen LogP contribution in [0.2, 0.25) is 10.0 Å². The summed E-state index contributed by atoms with van der Waals surface area (Å²) in [6.45, 7) is 2.45. The van der Waals surface area contributed by atoms with Gasteiger partial charge in [-0.25, -0.2) is 4.98 Å². The second-order valence-electron chi connectivity index (χ2n) is 7.25. The summed E-state index contributed by atoms with van der Waals surface area (Å²) in [5, 5.41) is 4.20. The lowest BCUT2D eigenvalue weighted by atomic mass is 10.2. The molecule has 1 amide bonds. The highest BCUT2D eigenvalue weighted by Gasteiger charge is 2.18. The molecule has 3 aromatic carbocycles. The Morgan fingerprint density at radius 2 is 1.81 bits per heavy atom. The molecular weight excluding hydrogens is 429 g/mol. The van der Waals surface area contributed by atoms with Crippen LogP contribution in [0.5, 0.6) is 0 Å². The Labute approximate surface area is 191 Å². The number of carbonyl (C=O) groups is 1. The van der Waals surface area contributed by atoms with E-state index in [0.29, 0.717) is 16.6 Å². The molecule has 4 aromatic rings. The topological polar surface area (TPSA) is 46.9 Å². The summed E-state index contributed by atoms with van der Waals surface area (Å²) in [6, 6.07) is 22.8. The van der Waals surface area contributed by atoms with Crippen molar-refractivity contribution in [2.45, 2.75) is 19.5 Å². The molecule has 0 radical (unpaired) electrons. The Bertz CT molecular complexity index is 1250. The van der Waals surface area contributed by atoms with Gasteiger partial charge in [0.05, 0.1) is 23.6 Å². The number of nitrogens with one attached hydrogen (secondary N) is 1. The molecule has 1 atom stereocenters. The number of para-hydroxylation sites is 2. The number of imidazole rings is 1. The SMILES string of the molecule is CC(NC(=O)/C=C\c1ccccc1)c1nc2ccccc2n1Cc1ccc(Cl)cc1Cl. The van der Waals surface area contributed by atoms with Crippen molar-refractivity contribution in [2.24, 2.45) is 0 Å². The maximum atomic E-state index is 12.5. The van der Waals surface area contributed by atoms with E-state index in [1.807, 2.05) is 73.7 Å². The van der Waals surface area contributed by atoms with Gasteiger partial charge in [0.2, 0.25) is 5.91 Å². The molecule has 1 aromatic heterocycles. The average molecular weight is 450 g/mol. The van der Waals surface area contributed by atoms with Crippen molar-refractivity contribution in [3.63, 3.8) is 0 Å². The zero-order chi connectivity index (χ0) is 21.8. The minimum Gasteiger partial charge on any atom is -0.343 e. The molecule has 0 spiro atoms. The molecule has 1 unspecified atom stereocenters. The second kappa shape index (κ2) is 9.38. The van der Waals surface area contributed by atoms with E-state index in [2.05, 4.69) is 9.88 Å². The molecule has 0 bridgehead atoms. The van der Waals surface area contributed by atoms with Gasteiger partial charge < -0.3 is 9.88 Å². The Morgan fingerprint density at radius 1 is 1.06 bits per heavy atom. The zero-order valence-corrected chi connectivity index (χ0v) is 18.4. The summed E-state index contributed by atoms with van der Waals surface area (Å²) in [5.74, 6) is 0.577. The predicted octanol–water partition coefficient (Wildman–Crippen LogP) is 6.28. The number of halogens is 2. The summed E-state index contributed by atoms with van der Waals surface area (Å²) >= 11 is 12.5. The van der Waals surface area contributed by atoms with Gasteiger partial charge in [-0.3, -0.25) is 4.79 Å². The molecule has 156 valence electrons. The van der Waals surface area contributed by atoms with Crippen molar-refractivity contribution >= 4 is 46.2 Å². The first-order valence-corrected chi connectivity index (χ1v) is 10.7. The maximum absolute atomic E-state index is 12.5. The summed E-state index contributed by atoms with van der Waals surface area (Å²) in [6.07, 6.45) is 3.33. The number of rotatable bonds is 6. The Morgan fingerprint density at radius 3 is 2.58 bits per heavy atom. The van der Waals surface area contributed by atoms with E-state index < -0.39 is 0 Å². The van der Waals surface area contributed by atoms with E-state index in [4.69, 9.17) is 28.2 Å². The van der Waals surface area contributed by atoms with E-state index in [9.17, 15) is 4.79 Å². The van der Waals surface area contributed by atoms with Gasteiger partial charge in [0.15, 0.2) is 0 Å². The van der Waals surface area contributed by atoms with Crippen LogP contribution in [0.25, 0.3) is 17.1 Å². The van der Waals surface area contributed by atoms with E-state index in [0.717, 1.165) is 28.0 Å². The average Bonchev–Trinajstić information content (AvgIpc) is 3.13. The number of hydrogen-bond donors (Lipinski definition) is 1. The fourth-order valence-corrected chi connectivity index (χ4v) is 3.94. The number of aromatic nitrogens is 2. The summed E-state index contributed by atoms with van der Waals surface area (Å²) in [5.41, 5.74) is 3.74. The van der Waals surface area contributed by atoms with Crippen molar-refractivity contribution in [2.75, 3.05) is 0 Å². The first kappa shape index (κ1) is 21.2. The van der Waals surface area contributed by atoms with Crippen molar-refractivity contribution in [3.05, 3.63) is 106 Å². The quantitative estimate of drug-likeness (QED) is 0.352. The lowest BCUT2D eigenvalue weighted by molar-refractivity contribution is -0.117. The van der Waals surface area contributed by atoms with Crippen LogP contribution < -0.4 is 5.32 Å². The molecular formula is C25H21Cl2N3O. The molecule has 31 heavy (non-hydrogen) atoms. The third-order valence-corrected chi connectivity index (χ3v) is 5.59. The summed E-state index contributed by atoms with van der Waals surface area (Å²) < 4.78 is 2.08. The van der Waals surface area contributed by atoms with Gasteiger partial charge in [-0.15, -0.1) is 0 Å². The van der Waals surface area contributed by atoms with Crippen LogP contribution in [0.15, 0.2) is 78.9 Å². The van der Waals surface area contributed by atoms with E-state index in [1.165, 1.54) is 6.08 Å². The van der Waals surface area contributed by atoms with Gasteiger partial charge in [0, 0.05) is 16.1 Å². The third-order valence-electron chi connectivity index (χ3n) is 5.00. The molecule has 0 fully saturated rings. The number of amides is 1. The number of benzene rings is 3. The Balaban J connectivity index is 1.61. The fraction of sp³-hybridized carbons (Fsp3) is 0.120. The monoisotopic (exact) mass is 449 g/mol. The highest BCUT2D eigenvalue weighted by atomic mass is 35.5. The lowest BCUT2D eigenvalue weighted by Crippen LogP contribution is -2.27. The predicted molar refractivity (Wildman–Crippen MR) is 127 cm³/mol. The van der Waals surface area contributed by atoms with Crippen molar-refractivity contribution in [1.29, 1.82) is 0 Å². The minimum absolute atomic E-state index is 0.181. The van der Waals surface area contributed by atoms with Crippen LogP contribution in [-0.4, -0.2) is 15.5 Å². The van der Waals surface area contributed by atoms with Gasteiger partial charge in [-0.1, -0.05) is 71.7 Å². The van der Waals surface area contributed by atoms with Gasteiger partial charge in [-0.05, 0) is 48.4 Å². The van der Waals surface area contributed by atoms with Crippen molar-refractivity contribution in [1.82, 2.24) is 14.9 Å². The summed E-state index contributed by atoms with van der Waals surface area (Å²) in [7, 11) is 0. The first-order valence-electron chi connectivity index (χ1n) is 9.94. The second-order valence-corrected chi connectivity index (χ2v) is 8.10. The standard InChI is InChI=1S/C25H21Cl2N3O/c1-17(28-24(31)14-11-18-7-3-2-4-8-18)25-29-22-9-5-6-10-23(22)30(25)16-19-12-13-20(26)15-21(19)27/h2-15,17H,16H2,1H3,(H,28,31)/b14-11-. The number of fused-ring (bicyclic) bond motifs is 1. The molecule has 0 aliphatic heterocycles. The molecule has 0 saturated carbocycles. The number of carbonyl (C=O) groups excluding carboxylic acids is 1. The van der Waals surface area contributed by atoms with Crippen LogP contribution >= 0.6 is 23.2 Å². The molecule has 4 rings (SSSR count). The van der Waals surface area contributed by atoms with Gasteiger partial charge in [-0.2, -0.15) is 0 Å². The zero-order valence-electron chi connectivity index (χ0n) is 16.9. The Hall–Kier alpha value is -3.08. The molecule has 1 heterocycles. The van der Waals surface area contributed by atoms with Gasteiger partial charge >= 0.3 is 0 Å². The normalized spacial score (nSPS) is 12.4. The van der Waals surface area contributed by atoms with Crippen LogP contribution in [0.1, 0.15) is 29.9 Å². The van der Waals surface area contributed by atoms with Crippen LogP contribution in [0.3, 0.4) is 0 Å². The molecule has 1 N–H and O–H groups in total. The fourth-order valence-electron chi connectivity index (χ4n) is 3.47. The molecule has 4 nitrogen and oxygen atoms in total.